The molecule has 1 aromatic rings. The molecule has 0 radical (unpaired) electrons. The zero-order valence-electron chi connectivity index (χ0n) is 17.3. The minimum absolute atomic E-state index is 0.473. The molecule has 158 valence electrons. The summed E-state index contributed by atoms with van der Waals surface area (Å²) in [5.74, 6) is 1.43. The van der Waals surface area contributed by atoms with Crippen molar-refractivity contribution in [1.29, 1.82) is 0 Å². The minimum atomic E-state index is -4.33. The van der Waals surface area contributed by atoms with Crippen LogP contribution in [0.3, 0.4) is 0 Å². The lowest BCUT2D eigenvalue weighted by Gasteiger charge is -2.31. The maximum atomic E-state index is 13.0. The first-order valence-electron chi connectivity index (χ1n) is 9.81. The van der Waals surface area contributed by atoms with E-state index in [-0.39, 0.29) is 0 Å². The summed E-state index contributed by atoms with van der Waals surface area (Å²) in [7, 11) is 3.72. The zero-order chi connectivity index (χ0) is 20.8. The van der Waals surface area contributed by atoms with Crippen LogP contribution in [0.5, 0.6) is 0 Å². The molecule has 0 spiro atoms. The molecule has 1 aromatic carbocycles. The van der Waals surface area contributed by atoms with Gasteiger partial charge in [0.2, 0.25) is 0 Å². The summed E-state index contributed by atoms with van der Waals surface area (Å²) in [6.45, 7) is 6.92. The zero-order valence-corrected chi connectivity index (χ0v) is 17.3. The van der Waals surface area contributed by atoms with Crippen molar-refractivity contribution in [2.24, 2.45) is 10.9 Å². The topological polar surface area (TPSA) is 36.9 Å². The minimum Gasteiger partial charge on any atom is -0.381 e. The van der Waals surface area contributed by atoms with Crippen LogP contribution in [-0.4, -0.2) is 51.3 Å². The Morgan fingerprint density at radius 2 is 1.86 bits per heavy atom. The molecule has 28 heavy (non-hydrogen) atoms. The molecule has 1 aliphatic heterocycles. The van der Waals surface area contributed by atoms with Gasteiger partial charge in [0, 0.05) is 45.8 Å². The van der Waals surface area contributed by atoms with E-state index in [0.29, 0.717) is 18.0 Å². The highest BCUT2D eigenvalue weighted by molar-refractivity contribution is 5.79. The Morgan fingerprint density at radius 3 is 2.46 bits per heavy atom. The first-order chi connectivity index (χ1) is 13.1. The molecule has 0 aliphatic carbocycles. The summed E-state index contributed by atoms with van der Waals surface area (Å²) in [6, 6.07) is 5.55. The summed E-state index contributed by atoms with van der Waals surface area (Å²) in [4.78, 5) is 6.41. The van der Waals surface area contributed by atoms with Crippen molar-refractivity contribution in [2.75, 3.05) is 40.4 Å². The van der Waals surface area contributed by atoms with Gasteiger partial charge in [-0.2, -0.15) is 13.2 Å². The fraction of sp³-hybridized carbons (Fsp3) is 0.667. The molecule has 0 atom stereocenters. The van der Waals surface area contributed by atoms with Gasteiger partial charge in [-0.25, -0.2) is 0 Å². The van der Waals surface area contributed by atoms with Crippen molar-refractivity contribution in [1.82, 2.24) is 10.2 Å². The summed E-state index contributed by atoms with van der Waals surface area (Å²) in [6.07, 6.45) is -1.05. The van der Waals surface area contributed by atoms with Crippen LogP contribution in [0, 0.1) is 5.92 Å². The Balaban J connectivity index is 1.93. The van der Waals surface area contributed by atoms with E-state index in [4.69, 9.17) is 4.74 Å². The van der Waals surface area contributed by atoms with E-state index < -0.39 is 17.2 Å². The molecular formula is C21H32F3N3O. The molecule has 1 fully saturated rings. The van der Waals surface area contributed by atoms with Gasteiger partial charge < -0.3 is 15.0 Å². The van der Waals surface area contributed by atoms with Crippen molar-refractivity contribution >= 4 is 5.96 Å². The average Bonchev–Trinajstić information content (AvgIpc) is 2.67. The maximum Gasteiger partial charge on any atom is 0.416 e. The monoisotopic (exact) mass is 399 g/mol. The number of ether oxygens (including phenoxy) is 1. The van der Waals surface area contributed by atoms with Crippen molar-refractivity contribution < 1.29 is 17.9 Å². The number of hydrogen-bond donors (Lipinski definition) is 1. The molecule has 1 saturated heterocycles. The quantitative estimate of drug-likeness (QED) is 0.572. The van der Waals surface area contributed by atoms with Crippen LogP contribution in [0.1, 0.15) is 44.2 Å². The van der Waals surface area contributed by atoms with Gasteiger partial charge in [0.05, 0.1) is 5.56 Å². The smallest absolute Gasteiger partial charge is 0.381 e. The summed E-state index contributed by atoms with van der Waals surface area (Å²) in [5.41, 5.74) is -0.440. The van der Waals surface area contributed by atoms with Crippen LogP contribution in [-0.2, 0) is 16.3 Å². The predicted octanol–water partition coefficient (Wildman–Crippen LogP) is 4.31. The second-order valence-corrected chi connectivity index (χ2v) is 8.13. The highest BCUT2D eigenvalue weighted by Crippen LogP contribution is 2.32. The standard InChI is InChI=1S/C21H32F3N3O/c1-20(2,17-6-5-7-18(14-17)21(22,23)24)15-26-19(25-3)27(4)11-8-16-9-12-28-13-10-16/h5-7,14,16H,8-13,15H2,1-4H3,(H,25,26). The number of nitrogens with one attached hydrogen (secondary N) is 1. The maximum absolute atomic E-state index is 13.0. The average molecular weight is 400 g/mol. The van der Waals surface area contributed by atoms with Crippen LogP contribution in [0.15, 0.2) is 29.3 Å². The largest absolute Gasteiger partial charge is 0.416 e. The Labute approximate surface area is 166 Å². The third kappa shape index (κ3) is 6.40. The molecule has 0 unspecified atom stereocenters. The van der Waals surface area contributed by atoms with E-state index in [1.54, 1.807) is 13.1 Å². The number of rotatable bonds is 6. The van der Waals surface area contributed by atoms with Gasteiger partial charge in [0.15, 0.2) is 5.96 Å². The van der Waals surface area contributed by atoms with Gasteiger partial charge in [-0.05, 0) is 36.8 Å². The van der Waals surface area contributed by atoms with Crippen LogP contribution in [0.25, 0.3) is 0 Å². The van der Waals surface area contributed by atoms with Gasteiger partial charge in [-0.3, -0.25) is 4.99 Å². The van der Waals surface area contributed by atoms with E-state index in [1.165, 1.54) is 12.1 Å². The van der Waals surface area contributed by atoms with E-state index in [9.17, 15) is 13.2 Å². The normalized spacial score (nSPS) is 16.9. The fourth-order valence-corrected chi connectivity index (χ4v) is 3.42. The first kappa shape index (κ1) is 22.5. The van der Waals surface area contributed by atoms with Crippen molar-refractivity contribution in [3.8, 4) is 0 Å². The molecule has 2 rings (SSSR count). The molecule has 0 aromatic heterocycles. The lowest BCUT2D eigenvalue weighted by molar-refractivity contribution is -0.137. The van der Waals surface area contributed by atoms with Gasteiger partial charge in [0.25, 0.3) is 0 Å². The molecule has 1 aliphatic rings. The number of nitrogens with zero attached hydrogens (tertiary/aromatic N) is 2. The second-order valence-electron chi connectivity index (χ2n) is 8.13. The highest BCUT2D eigenvalue weighted by atomic mass is 19.4. The number of halogens is 3. The fourth-order valence-electron chi connectivity index (χ4n) is 3.42. The lowest BCUT2D eigenvalue weighted by Crippen LogP contribution is -2.45. The van der Waals surface area contributed by atoms with Crippen molar-refractivity contribution in [3.63, 3.8) is 0 Å². The van der Waals surface area contributed by atoms with E-state index in [0.717, 1.165) is 51.0 Å². The van der Waals surface area contributed by atoms with Gasteiger partial charge in [0.1, 0.15) is 0 Å². The van der Waals surface area contributed by atoms with E-state index in [1.807, 2.05) is 20.9 Å². The Hall–Kier alpha value is -1.76. The molecule has 0 saturated carbocycles. The lowest BCUT2D eigenvalue weighted by atomic mass is 9.84. The van der Waals surface area contributed by atoms with Crippen LogP contribution >= 0.6 is 0 Å². The van der Waals surface area contributed by atoms with Crippen LogP contribution < -0.4 is 5.32 Å². The number of aliphatic imine (C=N–C) groups is 1. The number of guanidine groups is 1. The molecule has 1 heterocycles. The molecule has 0 amide bonds. The molecule has 4 nitrogen and oxygen atoms in total. The number of alkyl halides is 3. The number of hydrogen-bond acceptors (Lipinski definition) is 2. The second kappa shape index (κ2) is 9.63. The van der Waals surface area contributed by atoms with Crippen LogP contribution in [0.2, 0.25) is 0 Å². The summed E-state index contributed by atoms with van der Waals surface area (Å²) in [5, 5.41) is 3.32. The van der Waals surface area contributed by atoms with Crippen LogP contribution in [0.4, 0.5) is 13.2 Å². The van der Waals surface area contributed by atoms with Crippen molar-refractivity contribution in [3.05, 3.63) is 35.4 Å². The first-order valence-corrected chi connectivity index (χ1v) is 9.81. The van der Waals surface area contributed by atoms with Crippen molar-refractivity contribution in [2.45, 2.75) is 44.7 Å². The third-order valence-electron chi connectivity index (χ3n) is 5.45. The number of benzene rings is 1. The Kier molecular flexibility index (Phi) is 7.75. The third-order valence-corrected chi connectivity index (χ3v) is 5.45. The van der Waals surface area contributed by atoms with E-state index in [2.05, 4.69) is 15.2 Å². The molecular weight excluding hydrogens is 367 g/mol. The highest BCUT2D eigenvalue weighted by Gasteiger charge is 2.32. The SMILES string of the molecule is CN=C(NCC(C)(C)c1cccc(C(F)(F)F)c1)N(C)CCC1CCOCC1. The van der Waals surface area contributed by atoms with E-state index >= 15 is 0 Å². The Morgan fingerprint density at radius 1 is 1.21 bits per heavy atom. The summed E-state index contributed by atoms with van der Waals surface area (Å²) >= 11 is 0. The predicted molar refractivity (Wildman–Crippen MR) is 107 cm³/mol. The molecule has 7 heteroatoms. The van der Waals surface area contributed by atoms with Gasteiger partial charge >= 0.3 is 6.18 Å². The van der Waals surface area contributed by atoms with Gasteiger partial charge in [-0.15, -0.1) is 0 Å². The summed E-state index contributed by atoms with van der Waals surface area (Å²) < 4.78 is 44.5. The Bertz CT molecular complexity index is 653. The van der Waals surface area contributed by atoms with Gasteiger partial charge in [-0.1, -0.05) is 32.0 Å². The molecule has 0 bridgehead atoms. The molecule has 1 N–H and O–H groups in total.